The molecule has 0 radical (unpaired) electrons. The van der Waals surface area contributed by atoms with Crippen LogP contribution < -0.4 is 5.73 Å². The number of nitrogens with zero attached hydrogens (tertiary/aromatic N) is 2. The Hall–Kier alpha value is -0.420. The second-order valence-electron chi connectivity index (χ2n) is 6.64. The highest BCUT2D eigenvalue weighted by Gasteiger charge is 2.47. The molecule has 1 aromatic rings. The molecule has 2 fully saturated rings. The van der Waals surface area contributed by atoms with Gasteiger partial charge in [-0.25, -0.2) is 0 Å². The van der Waals surface area contributed by atoms with E-state index in [0.717, 1.165) is 31.6 Å². The summed E-state index contributed by atoms with van der Waals surface area (Å²) in [7, 11) is 4.58. The molecule has 2 bridgehead atoms. The lowest BCUT2D eigenvalue weighted by atomic mass is 9.81. The van der Waals surface area contributed by atoms with E-state index in [0.29, 0.717) is 0 Å². The molecule has 0 aromatic carbocycles. The van der Waals surface area contributed by atoms with Crippen LogP contribution in [0.25, 0.3) is 0 Å². The van der Waals surface area contributed by atoms with Crippen molar-refractivity contribution in [1.29, 1.82) is 0 Å². The third kappa shape index (κ3) is 2.54. The molecule has 3 heterocycles. The van der Waals surface area contributed by atoms with Gasteiger partial charge in [0.25, 0.3) is 0 Å². The molecular weight excluding hydrogens is 266 g/mol. The fourth-order valence-electron chi connectivity index (χ4n) is 4.15. The van der Waals surface area contributed by atoms with Crippen LogP contribution in [0.15, 0.2) is 17.5 Å². The highest BCUT2D eigenvalue weighted by molar-refractivity contribution is 7.09. The van der Waals surface area contributed by atoms with Gasteiger partial charge in [-0.2, -0.15) is 0 Å². The van der Waals surface area contributed by atoms with Crippen molar-refractivity contribution in [2.75, 3.05) is 27.2 Å². The summed E-state index contributed by atoms with van der Waals surface area (Å²) in [6.07, 6.45) is 6.37. The molecule has 3 nitrogen and oxygen atoms in total. The molecule has 4 heteroatoms. The minimum atomic E-state index is 0.232. The second kappa shape index (κ2) is 5.76. The van der Waals surface area contributed by atoms with Gasteiger partial charge in [-0.3, -0.25) is 4.90 Å². The van der Waals surface area contributed by atoms with E-state index in [-0.39, 0.29) is 5.54 Å². The predicted octanol–water partition coefficient (Wildman–Crippen LogP) is 2.18. The van der Waals surface area contributed by atoms with Gasteiger partial charge in [0.05, 0.1) is 0 Å². The van der Waals surface area contributed by atoms with Crippen molar-refractivity contribution < 1.29 is 0 Å². The molecule has 2 unspecified atom stereocenters. The number of piperidine rings is 1. The zero-order valence-corrected chi connectivity index (χ0v) is 13.5. The molecule has 20 heavy (non-hydrogen) atoms. The zero-order valence-electron chi connectivity index (χ0n) is 12.7. The number of thiophene rings is 1. The highest BCUT2D eigenvalue weighted by Crippen LogP contribution is 2.41. The number of likely N-dealkylation sites (N-methyl/N-ethyl adjacent to an activating group) is 1. The molecule has 0 amide bonds. The van der Waals surface area contributed by atoms with Crippen molar-refractivity contribution in [1.82, 2.24) is 9.80 Å². The molecule has 2 aliphatic rings. The lowest BCUT2D eigenvalue weighted by molar-refractivity contribution is 0.0169. The number of hydrogen-bond acceptors (Lipinski definition) is 4. The number of fused-ring (bicyclic) bond motifs is 2. The van der Waals surface area contributed by atoms with Crippen molar-refractivity contribution in [2.45, 2.75) is 49.7 Å². The summed E-state index contributed by atoms with van der Waals surface area (Å²) in [5, 5.41) is 2.17. The van der Waals surface area contributed by atoms with Gasteiger partial charge >= 0.3 is 0 Å². The lowest BCUT2D eigenvalue weighted by Crippen LogP contribution is -2.61. The van der Waals surface area contributed by atoms with E-state index in [9.17, 15) is 0 Å². The normalized spacial score (nSPS) is 34.0. The summed E-state index contributed by atoms with van der Waals surface area (Å²) in [5.41, 5.74) is 6.46. The first kappa shape index (κ1) is 14.5. The smallest absolute Gasteiger partial charge is 0.0358 e. The van der Waals surface area contributed by atoms with Gasteiger partial charge in [-0.15, -0.1) is 11.3 Å². The van der Waals surface area contributed by atoms with Gasteiger partial charge in [0.2, 0.25) is 0 Å². The zero-order chi connectivity index (χ0) is 14.2. The number of nitrogens with two attached hydrogens (primary N) is 1. The van der Waals surface area contributed by atoms with E-state index in [1.165, 1.54) is 30.6 Å². The quantitative estimate of drug-likeness (QED) is 0.903. The Morgan fingerprint density at radius 2 is 2.10 bits per heavy atom. The van der Waals surface area contributed by atoms with Gasteiger partial charge < -0.3 is 10.6 Å². The Balaban J connectivity index is 1.66. The fraction of sp³-hybridized carbons (Fsp3) is 0.750. The fourth-order valence-corrected chi connectivity index (χ4v) is 4.85. The summed E-state index contributed by atoms with van der Waals surface area (Å²) in [6, 6.07) is 5.89. The van der Waals surface area contributed by atoms with Gasteiger partial charge in [0, 0.05) is 35.6 Å². The van der Waals surface area contributed by atoms with E-state index in [1.807, 2.05) is 11.3 Å². The molecule has 2 atom stereocenters. The monoisotopic (exact) mass is 293 g/mol. The van der Waals surface area contributed by atoms with Gasteiger partial charge in [0.15, 0.2) is 0 Å². The Morgan fingerprint density at radius 3 is 2.65 bits per heavy atom. The van der Waals surface area contributed by atoms with E-state index >= 15 is 0 Å². The van der Waals surface area contributed by atoms with Gasteiger partial charge in [0.1, 0.15) is 0 Å². The first-order valence-electron chi connectivity index (χ1n) is 7.80. The van der Waals surface area contributed by atoms with Crippen LogP contribution >= 0.6 is 11.3 Å². The summed E-state index contributed by atoms with van der Waals surface area (Å²) in [5.74, 6) is 0. The average molecular weight is 293 g/mol. The maximum absolute atomic E-state index is 6.23. The standard InChI is InChI=1S/C16H27N3S/c1-18(8-7-15-4-3-9-20-15)16(12-17)10-13-5-6-14(11-16)19(13)2/h3-4,9,13-14H,5-8,10-12,17H2,1-2H3. The minimum absolute atomic E-state index is 0.232. The van der Waals surface area contributed by atoms with Crippen molar-refractivity contribution in [3.05, 3.63) is 22.4 Å². The van der Waals surface area contributed by atoms with E-state index in [2.05, 4.69) is 41.4 Å². The molecule has 0 spiro atoms. The van der Waals surface area contributed by atoms with Crippen LogP contribution in [0.3, 0.4) is 0 Å². The first-order chi connectivity index (χ1) is 9.64. The molecule has 112 valence electrons. The van der Waals surface area contributed by atoms with Crippen LogP contribution in [-0.2, 0) is 6.42 Å². The number of hydrogen-bond donors (Lipinski definition) is 1. The van der Waals surface area contributed by atoms with Gasteiger partial charge in [-0.05, 0) is 57.6 Å². The third-order valence-electron chi connectivity index (χ3n) is 5.68. The maximum atomic E-state index is 6.23. The van der Waals surface area contributed by atoms with Crippen molar-refractivity contribution in [2.24, 2.45) is 5.73 Å². The maximum Gasteiger partial charge on any atom is 0.0358 e. The average Bonchev–Trinajstić information content (AvgIpc) is 3.03. The molecule has 2 aliphatic heterocycles. The minimum Gasteiger partial charge on any atom is -0.329 e. The summed E-state index contributed by atoms with van der Waals surface area (Å²) < 4.78 is 0. The van der Waals surface area contributed by atoms with E-state index in [4.69, 9.17) is 5.73 Å². The molecule has 2 saturated heterocycles. The van der Waals surface area contributed by atoms with Crippen LogP contribution in [-0.4, -0.2) is 54.6 Å². The molecule has 2 N–H and O–H groups in total. The Morgan fingerprint density at radius 1 is 1.40 bits per heavy atom. The van der Waals surface area contributed by atoms with Crippen LogP contribution in [0.5, 0.6) is 0 Å². The largest absolute Gasteiger partial charge is 0.329 e. The lowest BCUT2D eigenvalue weighted by Gasteiger charge is -2.50. The number of rotatable bonds is 5. The van der Waals surface area contributed by atoms with Crippen LogP contribution in [0.1, 0.15) is 30.6 Å². The predicted molar refractivity (Wildman–Crippen MR) is 86.2 cm³/mol. The summed E-state index contributed by atoms with van der Waals surface area (Å²) in [4.78, 5) is 6.64. The van der Waals surface area contributed by atoms with E-state index < -0.39 is 0 Å². The molecule has 3 rings (SSSR count). The van der Waals surface area contributed by atoms with Crippen molar-refractivity contribution in [3.63, 3.8) is 0 Å². The Labute approximate surface area is 126 Å². The van der Waals surface area contributed by atoms with E-state index in [1.54, 1.807) is 0 Å². The molecule has 1 aromatic heterocycles. The molecular formula is C16H27N3S. The highest BCUT2D eigenvalue weighted by atomic mass is 32.1. The van der Waals surface area contributed by atoms with Crippen molar-refractivity contribution >= 4 is 11.3 Å². The second-order valence-corrected chi connectivity index (χ2v) is 7.67. The topological polar surface area (TPSA) is 32.5 Å². The third-order valence-corrected chi connectivity index (χ3v) is 6.62. The molecule has 0 saturated carbocycles. The summed E-state index contributed by atoms with van der Waals surface area (Å²) in [6.45, 7) is 1.93. The van der Waals surface area contributed by atoms with Gasteiger partial charge in [-0.1, -0.05) is 6.07 Å². The first-order valence-corrected chi connectivity index (χ1v) is 8.68. The Bertz CT molecular complexity index is 417. The molecule has 0 aliphatic carbocycles. The van der Waals surface area contributed by atoms with Crippen LogP contribution in [0, 0.1) is 0 Å². The van der Waals surface area contributed by atoms with Crippen LogP contribution in [0.4, 0.5) is 0 Å². The van der Waals surface area contributed by atoms with Crippen molar-refractivity contribution in [3.8, 4) is 0 Å². The summed E-state index contributed by atoms with van der Waals surface area (Å²) >= 11 is 1.87. The SMILES string of the molecule is CN1C2CCC1CC(CN)(N(C)CCc1cccs1)C2. The Kier molecular flexibility index (Phi) is 4.18. The van der Waals surface area contributed by atoms with Crippen LogP contribution in [0.2, 0.25) is 0 Å².